The predicted octanol–water partition coefficient (Wildman–Crippen LogP) is 2.08. The van der Waals surface area contributed by atoms with Crippen molar-refractivity contribution in [1.29, 1.82) is 0 Å². The third kappa shape index (κ3) is 2.40. The van der Waals surface area contributed by atoms with Crippen molar-refractivity contribution in [2.45, 2.75) is 44.1 Å². The van der Waals surface area contributed by atoms with E-state index in [1.807, 2.05) is 29.1 Å². The number of hydrogen-bond donors (Lipinski definition) is 1. The Balaban J connectivity index is 1.44. The van der Waals surface area contributed by atoms with Crippen LogP contribution in [0.15, 0.2) is 30.5 Å². The predicted molar refractivity (Wildman–Crippen MR) is 82.6 cm³/mol. The van der Waals surface area contributed by atoms with Gasteiger partial charge in [0.2, 0.25) is 0 Å². The Morgan fingerprint density at radius 1 is 1.32 bits per heavy atom. The standard InChI is InChI=1S/C17H20N4O/c22-16(14-11-13-5-2-4-10-21(13)20-14)19-12-17(7-8-17)15-6-1-3-9-18-15/h1,3,6,9,11H,2,4-5,7-8,10,12H2,(H,19,22). The summed E-state index contributed by atoms with van der Waals surface area (Å²) in [6.07, 6.45) is 7.36. The smallest absolute Gasteiger partial charge is 0.271 e. The Hall–Kier alpha value is -2.17. The quantitative estimate of drug-likeness (QED) is 0.939. The zero-order valence-corrected chi connectivity index (χ0v) is 12.6. The van der Waals surface area contributed by atoms with E-state index in [-0.39, 0.29) is 11.3 Å². The van der Waals surface area contributed by atoms with Gasteiger partial charge in [0.25, 0.3) is 5.91 Å². The second kappa shape index (κ2) is 5.23. The van der Waals surface area contributed by atoms with Crippen molar-refractivity contribution in [2.24, 2.45) is 0 Å². The van der Waals surface area contributed by atoms with Gasteiger partial charge in [-0.25, -0.2) is 0 Å². The van der Waals surface area contributed by atoms with E-state index >= 15 is 0 Å². The van der Waals surface area contributed by atoms with Gasteiger partial charge in [-0.1, -0.05) is 6.07 Å². The minimum absolute atomic E-state index is 0.0380. The van der Waals surface area contributed by atoms with Gasteiger partial charge in [0.05, 0.1) is 0 Å². The molecule has 0 aromatic carbocycles. The molecule has 3 heterocycles. The van der Waals surface area contributed by atoms with E-state index in [0.717, 1.165) is 37.9 Å². The largest absolute Gasteiger partial charge is 0.350 e. The SMILES string of the molecule is O=C(NCC1(c2ccccn2)CC1)c1cc2n(n1)CCCC2. The molecule has 5 nitrogen and oxygen atoms in total. The van der Waals surface area contributed by atoms with Crippen LogP contribution in [0, 0.1) is 0 Å². The van der Waals surface area contributed by atoms with Crippen molar-refractivity contribution in [3.8, 4) is 0 Å². The van der Waals surface area contributed by atoms with Gasteiger partial charge in [-0.3, -0.25) is 14.5 Å². The van der Waals surface area contributed by atoms with Crippen LogP contribution in [0.2, 0.25) is 0 Å². The Morgan fingerprint density at radius 2 is 2.23 bits per heavy atom. The molecule has 114 valence electrons. The number of aromatic nitrogens is 3. The molecule has 1 amide bonds. The highest BCUT2D eigenvalue weighted by molar-refractivity contribution is 5.92. The first-order valence-corrected chi connectivity index (χ1v) is 8.03. The number of carbonyl (C=O) groups excluding carboxylic acids is 1. The van der Waals surface area contributed by atoms with Crippen LogP contribution in [0.25, 0.3) is 0 Å². The third-order valence-electron chi connectivity index (χ3n) is 4.80. The van der Waals surface area contributed by atoms with E-state index < -0.39 is 0 Å². The summed E-state index contributed by atoms with van der Waals surface area (Å²) >= 11 is 0. The fourth-order valence-corrected chi connectivity index (χ4v) is 3.22. The summed E-state index contributed by atoms with van der Waals surface area (Å²) in [6, 6.07) is 7.92. The van der Waals surface area contributed by atoms with Crippen molar-refractivity contribution < 1.29 is 4.79 Å². The van der Waals surface area contributed by atoms with E-state index in [4.69, 9.17) is 0 Å². The molecule has 0 unspecified atom stereocenters. The first-order valence-electron chi connectivity index (χ1n) is 8.03. The van der Waals surface area contributed by atoms with Crippen molar-refractivity contribution in [1.82, 2.24) is 20.1 Å². The van der Waals surface area contributed by atoms with Gasteiger partial charge < -0.3 is 5.32 Å². The lowest BCUT2D eigenvalue weighted by Crippen LogP contribution is -2.33. The summed E-state index contributed by atoms with van der Waals surface area (Å²) in [5.41, 5.74) is 2.85. The molecule has 0 bridgehead atoms. The van der Waals surface area contributed by atoms with Gasteiger partial charge in [0.1, 0.15) is 5.69 Å². The van der Waals surface area contributed by atoms with Crippen molar-refractivity contribution in [3.05, 3.63) is 47.5 Å². The Kier molecular flexibility index (Phi) is 3.21. The molecule has 1 N–H and O–H groups in total. The van der Waals surface area contributed by atoms with Crippen LogP contribution in [0.1, 0.15) is 47.6 Å². The van der Waals surface area contributed by atoms with Gasteiger partial charge in [-0.05, 0) is 50.3 Å². The zero-order chi connectivity index (χ0) is 15.0. The van der Waals surface area contributed by atoms with Gasteiger partial charge in [0, 0.05) is 36.1 Å². The average Bonchev–Trinajstić information content (AvgIpc) is 3.24. The lowest BCUT2D eigenvalue weighted by molar-refractivity contribution is 0.0943. The fraction of sp³-hybridized carbons (Fsp3) is 0.471. The molecule has 1 aliphatic carbocycles. The summed E-state index contributed by atoms with van der Waals surface area (Å²) in [4.78, 5) is 16.8. The normalized spacial score (nSPS) is 18.5. The summed E-state index contributed by atoms with van der Waals surface area (Å²) < 4.78 is 1.98. The molecule has 2 aromatic heterocycles. The van der Waals surface area contributed by atoms with E-state index in [9.17, 15) is 4.79 Å². The molecule has 4 rings (SSSR count). The maximum Gasteiger partial charge on any atom is 0.271 e. The first kappa shape index (κ1) is 13.5. The highest BCUT2D eigenvalue weighted by Gasteiger charge is 2.45. The second-order valence-electron chi connectivity index (χ2n) is 6.38. The van der Waals surface area contributed by atoms with Crippen LogP contribution < -0.4 is 5.32 Å². The number of rotatable bonds is 4. The molecular weight excluding hydrogens is 276 g/mol. The van der Waals surface area contributed by atoms with Crippen molar-refractivity contribution in [3.63, 3.8) is 0 Å². The highest BCUT2D eigenvalue weighted by atomic mass is 16.1. The van der Waals surface area contributed by atoms with E-state index in [1.54, 1.807) is 0 Å². The fourth-order valence-electron chi connectivity index (χ4n) is 3.22. The molecule has 1 aliphatic heterocycles. The third-order valence-corrected chi connectivity index (χ3v) is 4.80. The topological polar surface area (TPSA) is 59.8 Å². The average molecular weight is 296 g/mol. The molecular formula is C17H20N4O. The zero-order valence-electron chi connectivity index (χ0n) is 12.6. The molecule has 1 fully saturated rings. The van der Waals surface area contributed by atoms with Gasteiger partial charge in [-0.15, -0.1) is 0 Å². The van der Waals surface area contributed by atoms with Crippen LogP contribution in [0.5, 0.6) is 0 Å². The number of nitrogens with one attached hydrogen (secondary N) is 1. The maximum absolute atomic E-state index is 12.4. The molecule has 0 spiro atoms. The summed E-state index contributed by atoms with van der Waals surface area (Å²) in [5.74, 6) is -0.0656. The highest BCUT2D eigenvalue weighted by Crippen LogP contribution is 2.46. The van der Waals surface area contributed by atoms with Crippen LogP contribution in [0.4, 0.5) is 0 Å². The van der Waals surface area contributed by atoms with E-state index in [2.05, 4.69) is 21.5 Å². The van der Waals surface area contributed by atoms with E-state index in [0.29, 0.717) is 12.2 Å². The Morgan fingerprint density at radius 3 is 2.95 bits per heavy atom. The Bertz CT molecular complexity index is 664. The maximum atomic E-state index is 12.4. The molecule has 0 radical (unpaired) electrons. The summed E-state index contributed by atoms with van der Waals surface area (Å²) in [5, 5.41) is 7.49. The minimum atomic E-state index is -0.0656. The number of nitrogens with zero attached hydrogens (tertiary/aromatic N) is 3. The molecule has 1 saturated carbocycles. The summed E-state index contributed by atoms with van der Waals surface area (Å²) in [7, 11) is 0. The lowest BCUT2D eigenvalue weighted by Gasteiger charge is -2.14. The van der Waals surface area contributed by atoms with Crippen LogP contribution in [-0.2, 0) is 18.4 Å². The molecule has 0 saturated heterocycles. The van der Waals surface area contributed by atoms with Gasteiger partial charge in [0.15, 0.2) is 0 Å². The number of pyridine rings is 1. The van der Waals surface area contributed by atoms with Crippen molar-refractivity contribution in [2.75, 3.05) is 6.54 Å². The first-order chi connectivity index (χ1) is 10.8. The monoisotopic (exact) mass is 296 g/mol. The van der Waals surface area contributed by atoms with Gasteiger partial charge in [-0.2, -0.15) is 5.10 Å². The second-order valence-corrected chi connectivity index (χ2v) is 6.38. The number of amides is 1. The lowest BCUT2D eigenvalue weighted by atomic mass is 10.0. The van der Waals surface area contributed by atoms with Gasteiger partial charge >= 0.3 is 0 Å². The molecule has 2 aromatic rings. The molecule has 5 heteroatoms. The molecule has 0 atom stereocenters. The molecule has 2 aliphatic rings. The number of fused-ring (bicyclic) bond motifs is 1. The number of hydrogen-bond acceptors (Lipinski definition) is 3. The number of carbonyl (C=O) groups is 1. The Labute approximate surface area is 129 Å². The van der Waals surface area contributed by atoms with Crippen molar-refractivity contribution >= 4 is 5.91 Å². The minimum Gasteiger partial charge on any atom is -0.350 e. The van der Waals surface area contributed by atoms with Crippen LogP contribution in [-0.4, -0.2) is 27.2 Å². The van der Waals surface area contributed by atoms with Crippen LogP contribution in [0.3, 0.4) is 0 Å². The van der Waals surface area contributed by atoms with Crippen LogP contribution >= 0.6 is 0 Å². The van der Waals surface area contributed by atoms with E-state index in [1.165, 1.54) is 12.1 Å². The summed E-state index contributed by atoms with van der Waals surface area (Å²) in [6.45, 7) is 1.57. The molecule has 22 heavy (non-hydrogen) atoms. The number of aryl methyl sites for hydroxylation is 2.